The number of esters is 1. The van der Waals surface area contributed by atoms with Crippen LogP contribution in [-0.2, 0) is 4.74 Å². The lowest BCUT2D eigenvalue weighted by Crippen LogP contribution is -2.19. The van der Waals surface area contributed by atoms with Crippen molar-refractivity contribution in [3.05, 3.63) is 48.2 Å². The zero-order chi connectivity index (χ0) is 14.4. The van der Waals surface area contributed by atoms with Crippen LogP contribution in [-0.4, -0.2) is 18.6 Å². The molecule has 0 bridgehead atoms. The van der Waals surface area contributed by atoms with E-state index >= 15 is 0 Å². The molecule has 0 radical (unpaired) electrons. The number of amides is 2. The monoisotopic (exact) mass is 274 g/mol. The second-order valence-corrected chi connectivity index (χ2v) is 3.85. The topological polar surface area (TPSA) is 80.6 Å². The maximum absolute atomic E-state index is 11.6. The fraction of sp³-hybridized carbons (Fsp3) is 0.143. The van der Waals surface area contributed by atoms with Crippen molar-refractivity contribution >= 4 is 23.6 Å². The van der Waals surface area contributed by atoms with Crippen molar-refractivity contribution in [3.8, 4) is 0 Å². The van der Waals surface area contributed by atoms with E-state index in [1.807, 2.05) is 0 Å². The third-order valence-electron chi connectivity index (χ3n) is 2.41. The van der Waals surface area contributed by atoms with Crippen LogP contribution in [0.25, 0.3) is 0 Å². The average molecular weight is 274 g/mol. The molecule has 1 aromatic heterocycles. The molecule has 0 unspecified atom stereocenters. The quantitative estimate of drug-likeness (QED) is 0.839. The van der Waals surface area contributed by atoms with Crippen LogP contribution in [0, 0.1) is 0 Å². The van der Waals surface area contributed by atoms with E-state index in [0.717, 1.165) is 0 Å². The Kier molecular flexibility index (Phi) is 4.39. The van der Waals surface area contributed by atoms with Gasteiger partial charge >= 0.3 is 12.0 Å². The Balaban J connectivity index is 1.93. The highest BCUT2D eigenvalue weighted by molar-refractivity contribution is 5.99. The molecule has 0 spiro atoms. The van der Waals surface area contributed by atoms with Crippen LogP contribution in [0.1, 0.15) is 17.3 Å². The molecular weight excluding hydrogens is 260 g/mol. The molecule has 0 atom stereocenters. The van der Waals surface area contributed by atoms with E-state index in [4.69, 9.17) is 9.15 Å². The minimum Gasteiger partial charge on any atom is -0.462 e. The molecular formula is C14H14N2O4. The Morgan fingerprint density at radius 2 is 1.90 bits per heavy atom. The number of anilines is 2. The highest BCUT2D eigenvalue weighted by Crippen LogP contribution is 2.12. The van der Waals surface area contributed by atoms with Crippen molar-refractivity contribution in [2.24, 2.45) is 0 Å². The SMILES string of the molecule is CCOC(=O)c1ccc(NC(=O)Nc2ccco2)cc1. The number of rotatable bonds is 4. The van der Waals surface area contributed by atoms with Gasteiger partial charge in [-0.15, -0.1) is 0 Å². The first-order chi connectivity index (χ1) is 9.69. The smallest absolute Gasteiger partial charge is 0.338 e. The predicted octanol–water partition coefficient (Wildman–Crippen LogP) is 3.10. The average Bonchev–Trinajstić information content (AvgIpc) is 2.92. The van der Waals surface area contributed by atoms with Crippen molar-refractivity contribution in [1.82, 2.24) is 0 Å². The third kappa shape index (κ3) is 3.61. The van der Waals surface area contributed by atoms with Gasteiger partial charge in [-0.25, -0.2) is 9.59 Å². The molecule has 6 heteroatoms. The number of furan rings is 1. The van der Waals surface area contributed by atoms with Crippen LogP contribution in [0.4, 0.5) is 16.4 Å². The Morgan fingerprint density at radius 3 is 2.50 bits per heavy atom. The lowest BCUT2D eigenvalue weighted by molar-refractivity contribution is 0.0526. The number of nitrogens with one attached hydrogen (secondary N) is 2. The molecule has 104 valence electrons. The molecule has 2 amide bonds. The van der Waals surface area contributed by atoms with Crippen molar-refractivity contribution in [3.63, 3.8) is 0 Å². The molecule has 0 aliphatic carbocycles. The van der Waals surface area contributed by atoms with E-state index in [9.17, 15) is 9.59 Å². The molecule has 6 nitrogen and oxygen atoms in total. The van der Waals surface area contributed by atoms with Gasteiger partial charge in [0.1, 0.15) is 0 Å². The van der Waals surface area contributed by atoms with Crippen LogP contribution in [0.2, 0.25) is 0 Å². The number of benzene rings is 1. The largest absolute Gasteiger partial charge is 0.462 e. The van der Waals surface area contributed by atoms with Crippen LogP contribution in [0.3, 0.4) is 0 Å². The highest BCUT2D eigenvalue weighted by atomic mass is 16.5. The minimum absolute atomic E-state index is 0.324. The van der Waals surface area contributed by atoms with Gasteiger partial charge < -0.3 is 14.5 Å². The maximum Gasteiger partial charge on any atom is 0.338 e. The van der Waals surface area contributed by atoms with Gasteiger partial charge in [0.05, 0.1) is 18.4 Å². The van der Waals surface area contributed by atoms with Gasteiger partial charge in [-0.3, -0.25) is 5.32 Å². The summed E-state index contributed by atoms with van der Waals surface area (Å²) >= 11 is 0. The molecule has 20 heavy (non-hydrogen) atoms. The van der Waals surface area contributed by atoms with E-state index in [0.29, 0.717) is 23.7 Å². The van der Waals surface area contributed by atoms with Crippen molar-refractivity contribution in [2.45, 2.75) is 6.92 Å². The first-order valence-electron chi connectivity index (χ1n) is 6.07. The summed E-state index contributed by atoms with van der Waals surface area (Å²) in [7, 11) is 0. The summed E-state index contributed by atoms with van der Waals surface area (Å²) in [6, 6.07) is 9.28. The van der Waals surface area contributed by atoms with E-state index in [1.54, 1.807) is 43.3 Å². The van der Waals surface area contributed by atoms with E-state index < -0.39 is 6.03 Å². The summed E-state index contributed by atoms with van der Waals surface area (Å²) in [5.74, 6) is -0.0373. The lowest BCUT2D eigenvalue weighted by atomic mass is 10.2. The van der Waals surface area contributed by atoms with Gasteiger partial charge in [-0.05, 0) is 37.3 Å². The molecule has 2 aromatic rings. The molecule has 2 rings (SSSR count). The van der Waals surface area contributed by atoms with Crippen LogP contribution < -0.4 is 10.6 Å². The molecule has 0 aliphatic rings. The summed E-state index contributed by atoms with van der Waals surface area (Å²) in [6.45, 7) is 2.07. The Hall–Kier alpha value is -2.76. The Morgan fingerprint density at radius 1 is 1.15 bits per heavy atom. The molecule has 2 N–H and O–H groups in total. The van der Waals surface area contributed by atoms with Crippen LogP contribution in [0.5, 0.6) is 0 Å². The van der Waals surface area contributed by atoms with Crippen molar-refractivity contribution < 1.29 is 18.7 Å². The predicted molar refractivity (Wildman–Crippen MR) is 73.7 cm³/mol. The Bertz CT molecular complexity index is 576. The normalized spacial score (nSPS) is 9.85. The van der Waals surface area contributed by atoms with Crippen LogP contribution >= 0.6 is 0 Å². The zero-order valence-corrected chi connectivity index (χ0v) is 10.9. The van der Waals surface area contributed by atoms with Gasteiger partial charge in [0.2, 0.25) is 5.88 Å². The van der Waals surface area contributed by atoms with Gasteiger partial charge in [-0.1, -0.05) is 0 Å². The molecule has 1 aromatic carbocycles. The minimum atomic E-state index is -0.427. The second-order valence-electron chi connectivity index (χ2n) is 3.85. The number of ether oxygens (including phenoxy) is 1. The molecule has 0 saturated carbocycles. The summed E-state index contributed by atoms with van der Waals surface area (Å²) in [5, 5.41) is 5.14. The van der Waals surface area contributed by atoms with Gasteiger partial charge in [0.25, 0.3) is 0 Å². The summed E-state index contributed by atoms with van der Waals surface area (Å²) < 4.78 is 9.85. The summed E-state index contributed by atoms with van der Waals surface area (Å²) in [6.07, 6.45) is 1.46. The first-order valence-corrected chi connectivity index (χ1v) is 6.07. The van der Waals surface area contributed by atoms with E-state index in [1.165, 1.54) is 6.26 Å². The second kappa shape index (κ2) is 6.42. The zero-order valence-electron chi connectivity index (χ0n) is 10.9. The van der Waals surface area contributed by atoms with Crippen molar-refractivity contribution in [1.29, 1.82) is 0 Å². The van der Waals surface area contributed by atoms with Gasteiger partial charge in [-0.2, -0.15) is 0 Å². The maximum atomic E-state index is 11.6. The number of carbonyl (C=O) groups is 2. The van der Waals surface area contributed by atoms with Crippen LogP contribution in [0.15, 0.2) is 47.1 Å². The lowest BCUT2D eigenvalue weighted by Gasteiger charge is -2.06. The number of hydrogen-bond donors (Lipinski definition) is 2. The third-order valence-corrected chi connectivity index (χ3v) is 2.41. The Labute approximate surface area is 115 Å². The molecule has 0 saturated heterocycles. The molecule has 0 aliphatic heterocycles. The fourth-order valence-corrected chi connectivity index (χ4v) is 1.53. The first kappa shape index (κ1) is 13.7. The van der Waals surface area contributed by atoms with E-state index in [2.05, 4.69) is 10.6 Å². The van der Waals surface area contributed by atoms with E-state index in [-0.39, 0.29) is 5.97 Å². The van der Waals surface area contributed by atoms with Crippen molar-refractivity contribution in [2.75, 3.05) is 17.2 Å². The summed E-state index contributed by atoms with van der Waals surface area (Å²) in [4.78, 5) is 23.1. The fourth-order valence-electron chi connectivity index (χ4n) is 1.53. The summed E-state index contributed by atoms with van der Waals surface area (Å²) in [5.41, 5.74) is 0.992. The van der Waals surface area contributed by atoms with Gasteiger partial charge in [0.15, 0.2) is 0 Å². The van der Waals surface area contributed by atoms with Gasteiger partial charge in [0, 0.05) is 11.8 Å². The number of carbonyl (C=O) groups excluding carboxylic acids is 2. The standard InChI is InChI=1S/C14H14N2O4/c1-2-19-13(17)10-5-7-11(8-6-10)15-14(18)16-12-4-3-9-20-12/h3-9H,2H2,1H3,(H2,15,16,18). The number of urea groups is 1. The molecule has 1 heterocycles. The highest BCUT2D eigenvalue weighted by Gasteiger charge is 2.07. The number of hydrogen-bond acceptors (Lipinski definition) is 4. The molecule has 0 fully saturated rings.